The van der Waals surface area contributed by atoms with Crippen LogP contribution in [0.3, 0.4) is 0 Å². The topological polar surface area (TPSA) is 77.6 Å². The van der Waals surface area contributed by atoms with Crippen LogP contribution in [-0.4, -0.2) is 25.0 Å². The first kappa shape index (κ1) is 9.65. The van der Waals surface area contributed by atoms with Gasteiger partial charge in [-0.2, -0.15) is 15.5 Å². The van der Waals surface area contributed by atoms with Crippen LogP contribution in [-0.2, 0) is 4.79 Å². The van der Waals surface area contributed by atoms with Gasteiger partial charge < -0.3 is 5.32 Å². The smallest absolute Gasteiger partial charge is 0.247 e. The molecular formula is C8H12N4O. The third-order valence-corrected chi connectivity index (χ3v) is 1.85. The number of nitriles is 1. The van der Waals surface area contributed by atoms with E-state index in [1.54, 1.807) is 0 Å². The molecule has 0 aliphatic carbocycles. The monoisotopic (exact) mass is 180 g/mol. The van der Waals surface area contributed by atoms with Crippen molar-refractivity contribution >= 4 is 5.91 Å². The Hall–Kier alpha value is -1.44. The first-order valence-electron chi connectivity index (χ1n) is 4.36. The van der Waals surface area contributed by atoms with Gasteiger partial charge in [0.2, 0.25) is 5.91 Å². The molecule has 1 atom stereocenters. The Labute approximate surface area is 76.8 Å². The van der Waals surface area contributed by atoms with Crippen LogP contribution >= 0.6 is 0 Å². The Morgan fingerprint density at radius 1 is 1.62 bits per heavy atom. The second-order valence-electron chi connectivity index (χ2n) is 2.87. The van der Waals surface area contributed by atoms with Crippen LogP contribution in [0.15, 0.2) is 10.2 Å². The molecule has 0 saturated carbocycles. The Bertz CT molecular complexity index is 243. The molecule has 70 valence electrons. The summed E-state index contributed by atoms with van der Waals surface area (Å²) in [5.74, 6) is -0.188. The van der Waals surface area contributed by atoms with E-state index in [-0.39, 0.29) is 18.5 Å². The van der Waals surface area contributed by atoms with Gasteiger partial charge in [0.15, 0.2) is 0 Å². The standard InChI is InChI=1S/C8H12N4O/c9-4-6-10-8(13)7-3-1-2-5-11-12-7/h7H,1-3,5-6H2,(H,10,13)/t7-/m0/s1. The summed E-state index contributed by atoms with van der Waals surface area (Å²) in [5.41, 5.74) is 0. The molecule has 0 radical (unpaired) electrons. The molecule has 0 saturated heterocycles. The highest BCUT2D eigenvalue weighted by Crippen LogP contribution is 2.10. The Morgan fingerprint density at radius 3 is 3.23 bits per heavy atom. The fourth-order valence-electron chi connectivity index (χ4n) is 1.16. The SMILES string of the molecule is N#CCNC(=O)[C@@H]1CCCCN=N1. The molecule has 1 amide bonds. The summed E-state index contributed by atoms with van der Waals surface area (Å²) in [6.45, 7) is 0.757. The third kappa shape index (κ3) is 3.20. The number of rotatable bonds is 2. The van der Waals surface area contributed by atoms with Crippen molar-refractivity contribution in [3.8, 4) is 6.07 Å². The third-order valence-electron chi connectivity index (χ3n) is 1.85. The number of nitrogens with one attached hydrogen (secondary N) is 1. The van der Waals surface area contributed by atoms with Gasteiger partial charge in [0.25, 0.3) is 0 Å². The lowest BCUT2D eigenvalue weighted by Gasteiger charge is -2.06. The molecule has 0 aromatic carbocycles. The molecule has 0 aromatic rings. The molecule has 0 unspecified atom stereocenters. The number of carbonyl (C=O) groups excluding carboxylic acids is 1. The minimum atomic E-state index is -0.379. The summed E-state index contributed by atoms with van der Waals surface area (Å²) in [6, 6.07) is 1.47. The number of nitrogens with zero attached hydrogens (tertiary/aromatic N) is 3. The summed E-state index contributed by atoms with van der Waals surface area (Å²) in [4.78, 5) is 11.3. The number of hydrogen-bond donors (Lipinski definition) is 1. The lowest BCUT2D eigenvalue weighted by atomic mass is 10.1. The van der Waals surface area contributed by atoms with Gasteiger partial charge in [-0.25, -0.2) is 0 Å². The van der Waals surface area contributed by atoms with Gasteiger partial charge >= 0.3 is 0 Å². The van der Waals surface area contributed by atoms with Gasteiger partial charge in [0, 0.05) is 0 Å². The van der Waals surface area contributed by atoms with Crippen molar-refractivity contribution < 1.29 is 4.79 Å². The van der Waals surface area contributed by atoms with Gasteiger partial charge in [-0.05, 0) is 19.3 Å². The average Bonchev–Trinajstić information content (AvgIpc) is 2.42. The fraction of sp³-hybridized carbons (Fsp3) is 0.750. The van der Waals surface area contributed by atoms with Crippen molar-refractivity contribution in [1.29, 1.82) is 5.26 Å². The fourth-order valence-corrected chi connectivity index (χ4v) is 1.16. The van der Waals surface area contributed by atoms with Crippen molar-refractivity contribution in [2.45, 2.75) is 25.3 Å². The Morgan fingerprint density at radius 2 is 2.46 bits per heavy atom. The maximum absolute atomic E-state index is 11.3. The maximum Gasteiger partial charge on any atom is 0.247 e. The van der Waals surface area contributed by atoms with Crippen molar-refractivity contribution in [1.82, 2.24) is 5.32 Å². The van der Waals surface area contributed by atoms with Crippen LogP contribution in [0.25, 0.3) is 0 Å². The summed E-state index contributed by atoms with van der Waals surface area (Å²) in [6.07, 6.45) is 2.70. The van der Waals surface area contributed by atoms with E-state index in [2.05, 4.69) is 15.5 Å². The zero-order valence-corrected chi connectivity index (χ0v) is 7.36. The Kier molecular flexibility index (Phi) is 3.89. The predicted molar refractivity (Wildman–Crippen MR) is 46.0 cm³/mol. The number of azo groups is 1. The predicted octanol–water partition coefficient (Wildman–Crippen LogP) is 0.631. The van der Waals surface area contributed by atoms with E-state index >= 15 is 0 Å². The molecule has 1 heterocycles. The minimum Gasteiger partial charge on any atom is -0.341 e. The molecule has 1 rings (SSSR count). The van der Waals surface area contributed by atoms with Crippen molar-refractivity contribution in [3.05, 3.63) is 0 Å². The molecule has 0 spiro atoms. The Balaban J connectivity index is 2.40. The number of carbonyl (C=O) groups is 1. The van der Waals surface area contributed by atoms with E-state index in [9.17, 15) is 4.79 Å². The van der Waals surface area contributed by atoms with Gasteiger partial charge in [0.1, 0.15) is 12.6 Å². The highest BCUT2D eigenvalue weighted by molar-refractivity contribution is 5.81. The second-order valence-corrected chi connectivity index (χ2v) is 2.87. The van der Waals surface area contributed by atoms with Crippen LogP contribution in [0.4, 0.5) is 0 Å². The zero-order valence-electron chi connectivity index (χ0n) is 7.36. The first-order chi connectivity index (χ1) is 6.34. The summed E-state index contributed by atoms with van der Waals surface area (Å²) >= 11 is 0. The van der Waals surface area contributed by atoms with E-state index in [0.717, 1.165) is 19.3 Å². The van der Waals surface area contributed by atoms with Crippen molar-refractivity contribution in [2.75, 3.05) is 13.1 Å². The van der Waals surface area contributed by atoms with Gasteiger partial charge in [-0.15, -0.1) is 0 Å². The summed E-state index contributed by atoms with van der Waals surface area (Å²) in [5, 5.41) is 18.5. The molecule has 13 heavy (non-hydrogen) atoms. The minimum absolute atomic E-state index is 0.0465. The molecular weight excluding hydrogens is 168 g/mol. The molecule has 5 heteroatoms. The van der Waals surface area contributed by atoms with Gasteiger partial charge in [-0.1, -0.05) is 0 Å². The quantitative estimate of drug-likeness (QED) is 0.632. The number of hydrogen-bond acceptors (Lipinski definition) is 4. The molecule has 0 aromatic heterocycles. The van der Waals surface area contributed by atoms with Crippen LogP contribution < -0.4 is 5.32 Å². The highest BCUT2D eigenvalue weighted by atomic mass is 16.2. The van der Waals surface area contributed by atoms with Crippen LogP contribution in [0.2, 0.25) is 0 Å². The summed E-state index contributed by atoms with van der Waals surface area (Å²) in [7, 11) is 0. The molecule has 5 nitrogen and oxygen atoms in total. The van der Waals surface area contributed by atoms with Gasteiger partial charge in [0.05, 0.1) is 12.6 Å². The molecule has 1 aliphatic rings. The lowest BCUT2D eigenvalue weighted by molar-refractivity contribution is -0.122. The van der Waals surface area contributed by atoms with E-state index in [1.165, 1.54) is 0 Å². The number of amides is 1. The van der Waals surface area contributed by atoms with Crippen LogP contribution in [0.1, 0.15) is 19.3 Å². The average molecular weight is 180 g/mol. The largest absolute Gasteiger partial charge is 0.341 e. The first-order valence-corrected chi connectivity index (χ1v) is 4.36. The van der Waals surface area contributed by atoms with Gasteiger partial charge in [-0.3, -0.25) is 4.79 Å². The van der Waals surface area contributed by atoms with E-state index in [0.29, 0.717) is 6.54 Å². The highest BCUT2D eigenvalue weighted by Gasteiger charge is 2.17. The zero-order chi connectivity index (χ0) is 9.52. The molecule has 1 N–H and O–H groups in total. The summed E-state index contributed by atoms with van der Waals surface area (Å²) < 4.78 is 0. The van der Waals surface area contributed by atoms with Crippen LogP contribution in [0, 0.1) is 11.3 Å². The maximum atomic E-state index is 11.3. The molecule has 0 bridgehead atoms. The molecule has 0 fully saturated rings. The van der Waals surface area contributed by atoms with E-state index in [4.69, 9.17) is 5.26 Å². The van der Waals surface area contributed by atoms with E-state index in [1.807, 2.05) is 6.07 Å². The van der Waals surface area contributed by atoms with Crippen molar-refractivity contribution in [2.24, 2.45) is 10.2 Å². The lowest BCUT2D eigenvalue weighted by Crippen LogP contribution is -2.33. The van der Waals surface area contributed by atoms with E-state index < -0.39 is 0 Å². The normalized spacial score (nSPS) is 21.6. The van der Waals surface area contributed by atoms with Crippen LogP contribution in [0.5, 0.6) is 0 Å². The second kappa shape index (κ2) is 5.25. The van der Waals surface area contributed by atoms with Crippen molar-refractivity contribution in [3.63, 3.8) is 0 Å². The molecule has 1 aliphatic heterocycles.